The van der Waals surface area contributed by atoms with E-state index in [-0.39, 0.29) is 11.6 Å². The van der Waals surface area contributed by atoms with Gasteiger partial charge in [0.2, 0.25) is 5.82 Å². The number of halogens is 1. The average molecular weight is 262 g/mol. The van der Waals surface area contributed by atoms with Gasteiger partial charge < -0.3 is 9.63 Å². The van der Waals surface area contributed by atoms with Crippen LogP contribution in [-0.4, -0.2) is 15.2 Å². The minimum Gasteiger partial charge on any atom is -0.507 e. The molecule has 0 aliphatic rings. The Morgan fingerprint density at radius 3 is 2.89 bits per heavy atom. The number of nitrogens with zero attached hydrogens (tertiary/aromatic N) is 2. The molecule has 2 aromatic heterocycles. The lowest BCUT2D eigenvalue weighted by atomic mass is 10.2. The summed E-state index contributed by atoms with van der Waals surface area (Å²) in [5.74, 6) is -0.145. The van der Waals surface area contributed by atoms with Gasteiger partial charge in [-0.25, -0.2) is 4.39 Å². The van der Waals surface area contributed by atoms with E-state index in [0.717, 1.165) is 11.6 Å². The molecule has 0 unspecified atom stereocenters. The van der Waals surface area contributed by atoms with Crippen LogP contribution in [0.25, 0.3) is 22.8 Å². The quantitative estimate of drug-likeness (QED) is 0.769. The highest BCUT2D eigenvalue weighted by atomic mass is 32.1. The second-order valence-electron chi connectivity index (χ2n) is 3.60. The first-order valence-corrected chi connectivity index (χ1v) is 6.03. The fraction of sp³-hybridized carbons (Fsp3) is 0. The molecule has 0 amide bonds. The fourth-order valence-corrected chi connectivity index (χ4v) is 2.16. The molecule has 18 heavy (non-hydrogen) atoms. The number of phenols is 1. The minimum atomic E-state index is -0.520. The van der Waals surface area contributed by atoms with Crippen LogP contribution in [0.4, 0.5) is 4.39 Å². The Bertz CT molecular complexity index is 679. The Balaban J connectivity index is 2.03. The van der Waals surface area contributed by atoms with E-state index in [4.69, 9.17) is 4.52 Å². The number of hydrogen-bond acceptors (Lipinski definition) is 5. The van der Waals surface area contributed by atoms with E-state index < -0.39 is 5.82 Å². The molecule has 0 saturated heterocycles. The zero-order valence-corrected chi connectivity index (χ0v) is 9.82. The molecular weight excluding hydrogens is 255 g/mol. The molecule has 90 valence electrons. The lowest BCUT2D eigenvalue weighted by Gasteiger charge is -1.97. The van der Waals surface area contributed by atoms with Gasteiger partial charge in [0.15, 0.2) is 0 Å². The van der Waals surface area contributed by atoms with Crippen molar-refractivity contribution in [1.82, 2.24) is 10.1 Å². The van der Waals surface area contributed by atoms with Crippen molar-refractivity contribution in [3.8, 4) is 28.6 Å². The number of thiophene rings is 1. The van der Waals surface area contributed by atoms with E-state index in [0.29, 0.717) is 11.4 Å². The first kappa shape index (κ1) is 10.9. The molecule has 1 aromatic carbocycles. The SMILES string of the molecule is Oc1cc(F)ccc1-c1nc(-c2ccsc2)no1. The third-order valence-corrected chi connectivity index (χ3v) is 3.08. The lowest BCUT2D eigenvalue weighted by Crippen LogP contribution is -1.81. The average Bonchev–Trinajstić information content (AvgIpc) is 2.99. The summed E-state index contributed by atoms with van der Waals surface area (Å²) in [5, 5.41) is 17.2. The van der Waals surface area contributed by atoms with Crippen molar-refractivity contribution >= 4 is 11.3 Å². The van der Waals surface area contributed by atoms with Crippen molar-refractivity contribution in [1.29, 1.82) is 0 Å². The summed E-state index contributed by atoms with van der Waals surface area (Å²) in [6, 6.07) is 5.49. The second-order valence-corrected chi connectivity index (χ2v) is 4.38. The van der Waals surface area contributed by atoms with Crippen molar-refractivity contribution in [2.24, 2.45) is 0 Å². The Labute approximate surface area is 105 Å². The largest absolute Gasteiger partial charge is 0.507 e. The van der Waals surface area contributed by atoms with Gasteiger partial charge in [-0.3, -0.25) is 0 Å². The number of aromatic hydroxyl groups is 1. The number of benzene rings is 1. The van der Waals surface area contributed by atoms with Gasteiger partial charge in [0.1, 0.15) is 11.6 Å². The monoisotopic (exact) mass is 262 g/mol. The molecule has 2 heterocycles. The molecule has 3 rings (SSSR count). The second kappa shape index (κ2) is 4.23. The van der Waals surface area contributed by atoms with Gasteiger partial charge in [-0.2, -0.15) is 16.3 Å². The van der Waals surface area contributed by atoms with E-state index in [1.807, 2.05) is 16.8 Å². The van der Waals surface area contributed by atoms with Gasteiger partial charge in [0.05, 0.1) is 5.56 Å². The third kappa shape index (κ3) is 1.86. The summed E-state index contributed by atoms with van der Waals surface area (Å²) in [5.41, 5.74) is 1.15. The van der Waals surface area contributed by atoms with Crippen LogP contribution in [0.1, 0.15) is 0 Å². The zero-order chi connectivity index (χ0) is 12.5. The first-order chi connectivity index (χ1) is 8.74. The van der Waals surface area contributed by atoms with Gasteiger partial charge in [-0.1, -0.05) is 5.16 Å². The van der Waals surface area contributed by atoms with Gasteiger partial charge in [-0.15, -0.1) is 0 Å². The highest BCUT2D eigenvalue weighted by molar-refractivity contribution is 7.08. The number of aromatic nitrogens is 2. The van der Waals surface area contributed by atoms with Crippen LogP contribution in [0.15, 0.2) is 39.5 Å². The Morgan fingerprint density at radius 1 is 1.28 bits per heavy atom. The number of hydrogen-bond donors (Lipinski definition) is 1. The summed E-state index contributed by atoms with van der Waals surface area (Å²) < 4.78 is 17.9. The maximum atomic E-state index is 12.9. The van der Waals surface area contributed by atoms with Gasteiger partial charge in [-0.05, 0) is 23.6 Å². The normalized spacial score (nSPS) is 10.7. The third-order valence-electron chi connectivity index (χ3n) is 2.40. The number of phenolic OH excluding ortho intramolecular Hbond substituents is 1. The van der Waals surface area contributed by atoms with E-state index in [9.17, 15) is 9.50 Å². The topological polar surface area (TPSA) is 59.2 Å². The van der Waals surface area contributed by atoms with Gasteiger partial charge in [0.25, 0.3) is 5.89 Å². The van der Waals surface area contributed by atoms with Crippen LogP contribution in [0.3, 0.4) is 0 Å². The van der Waals surface area contributed by atoms with E-state index in [2.05, 4.69) is 10.1 Å². The maximum absolute atomic E-state index is 12.9. The molecule has 1 N–H and O–H groups in total. The predicted molar refractivity (Wildman–Crippen MR) is 64.7 cm³/mol. The van der Waals surface area contributed by atoms with Gasteiger partial charge >= 0.3 is 0 Å². The highest BCUT2D eigenvalue weighted by Crippen LogP contribution is 2.30. The van der Waals surface area contributed by atoms with Crippen molar-refractivity contribution < 1.29 is 14.0 Å². The molecule has 4 nitrogen and oxygen atoms in total. The van der Waals surface area contributed by atoms with Crippen molar-refractivity contribution in [3.63, 3.8) is 0 Å². The van der Waals surface area contributed by atoms with Crippen LogP contribution in [0.5, 0.6) is 5.75 Å². The number of rotatable bonds is 2. The Kier molecular flexibility index (Phi) is 2.56. The molecule has 0 atom stereocenters. The lowest BCUT2D eigenvalue weighted by molar-refractivity contribution is 0.425. The van der Waals surface area contributed by atoms with E-state index in [1.54, 1.807) is 0 Å². The predicted octanol–water partition coefficient (Wildman–Crippen LogP) is 3.31. The molecule has 0 spiro atoms. The first-order valence-electron chi connectivity index (χ1n) is 5.09. The maximum Gasteiger partial charge on any atom is 0.262 e. The summed E-state index contributed by atoms with van der Waals surface area (Å²) in [6.45, 7) is 0. The zero-order valence-electron chi connectivity index (χ0n) is 9.00. The highest BCUT2D eigenvalue weighted by Gasteiger charge is 2.14. The summed E-state index contributed by atoms with van der Waals surface area (Å²) in [4.78, 5) is 4.16. The molecule has 0 aliphatic carbocycles. The minimum absolute atomic E-state index is 0.161. The summed E-state index contributed by atoms with van der Waals surface area (Å²) in [6.07, 6.45) is 0. The molecule has 0 radical (unpaired) electrons. The Hall–Kier alpha value is -2.21. The van der Waals surface area contributed by atoms with Crippen LogP contribution >= 0.6 is 11.3 Å². The molecule has 6 heteroatoms. The van der Waals surface area contributed by atoms with Crippen LogP contribution < -0.4 is 0 Å². The van der Waals surface area contributed by atoms with Crippen molar-refractivity contribution in [2.75, 3.05) is 0 Å². The molecule has 0 fully saturated rings. The Morgan fingerprint density at radius 2 is 2.17 bits per heavy atom. The van der Waals surface area contributed by atoms with Crippen LogP contribution in [0.2, 0.25) is 0 Å². The van der Waals surface area contributed by atoms with Crippen LogP contribution in [0, 0.1) is 5.82 Å². The molecule has 3 aromatic rings. The molecular formula is C12H7FN2O2S. The van der Waals surface area contributed by atoms with Gasteiger partial charge in [0, 0.05) is 17.0 Å². The van der Waals surface area contributed by atoms with Crippen molar-refractivity contribution in [2.45, 2.75) is 0 Å². The molecule has 0 aliphatic heterocycles. The molecule has 0 bridgehead atoms. The summed E-state index contributed by atoms with van der Waals surface area (Å²) in [7, 11) is 0. The van der Waals surface area contributed by atoms with Crippen LogP contribution in [-0.2, 0) is 0 Å². The van der Waals surface area contributed by atoms with E-state index >= 15 is 0 Å². The fourth-order valence-electron chi connectivity index (χ4n) is 1.53. The van der Waals surface area contributed by atoms with E-state index in [1.165, 1.54) is 23.5 Å². The molecule has 0 saturated carbocycles. The van der Waals surface area contributed by atoms with Crippen molar-refractivity contribution in [3.05, 3.63) is 40.8 Å². The summed E-state index contributed by atoms with van der Waals surface area (Å²) >= 11 is 1.52. The smallest absolute Gasteiger partial charge is 0.262 e. The standard InChI is InChI=1S/C12H7FN2O2S/c13-8-1-2-9(10(16)5-8)12-14-11(15-17-12)7-3-4-18-6-7/h1-6,16H.